The van der Waals surface area contributed by atoms with Gasteiger partial charge < -0.3 is 19.0 Å². The molecule has 4 aromatic rings. The number of imidazole rings is 1. The lowest BCUT2D eigenvalue weighted by Gasteiger charge is -2.32. The molecule has 0 N–H and O–H groups in total. The van der Waals surface area contributed by atoms with Gasteiger partial charge >= 0.3 is 5.69 Å². The first-order chi connectivity index (χ1) is 15.9. The number of carbonyl (C=O) groups excluding carboxylic acids is 1. The van der Waals surface area contributed by atoms with Gasteiger partial charge in [-0.15, -0.1) is 5.10 Å². The molecule has 5 heterocycles. The maximum atomic E-state index is 13.0. The monoisotopic (exact) mass is 455 g/mol. The van der Waals surface area contributed by atoms with Crippen LogP contribution in [0.25, 0.3) is 22.3 Å². The van der Waals surface area contributed by atoms with E-state index in [-0.39, 0.29) is 36.3 Å². The summed E-state index contributed by atoms with van der Waals surface area (Å²) in [7, 11) is 2.92. The van der Waals surface area contributed by atoms with Crippen LogP contribution in [0.15, 0.2) is 34.2 Å². The van der Waals surface area contributed by atoms with Gasteiger partial charge in [-0.2, -0.15) is 0 Å². The van der Waals surface area contributed by atoms with Gasteiger partial charge in [0.25, 0.3) is 5.56 Å². The summed E-state index contributed by atoms with van der Waals surface area (Å²) in [5.74, 6) is -0.202. The number of aromatic nitrogens is 8. The van der Waals surface area contributed by atoms with Crippen LogP contribution < -0.4 is 16.1 Å². The molecule has 172 valence electrons. The fraction of sp³-hybridized carbons (Fsp3) is 0.421. The van der Waals surface area contributed by atoms with Gasteiger partial charge in [0.2, 0.25) is 11.6 Å². The van der Waals surface area contributed by atoms with Crippen molar-refractivity contribution in [2.45, 2.75) is 12.6 Å². The summed E-state index contributed by atoms with van der Waals surface area (Å²) in [4.78, 5) is 54.6. The quantitative estimate of drug-likeness (QED) is 0.331. The van der Waals surface area contributed by atoms with Gasteiger partial charge in [0.1, 0.15) is 24.8 Å². The van der Waals surface area contributed by atoms with Crippen molar-refractivity contribution in [2.75, 3.05) is 26.3 Å². The van der Waals surface area contributed by atoms with Crippen molar-refractivity contribution < 1.29 is 14.4 Å². The third-order valence-electron chi connectivity index (χ3n) is 5.58. The number of ether oxygens (including phenoxy) is 1. The predicted molar refractivity (Wildman–Crippen MR) is 113 cm³/mol. The molecule has 14 nitrogen and oxygen atoms in total. The van der Waals surface area contributed by atoms with Gasteiger partial charge in [0.15, 0.2) is 11.2 Å². The molecule has 0 spiro atoms. The summed E-state index contributed by atoms with van der Waals surface area (Å²) in [6.07, 6.45) is 2.64. The lowest BCUT2D eigenvalue weighted by Crippen LogP contribution is -2.49. The number of hydrogen-bond donors (Lipinski definition) is 0. The highest BCUT2D eigenvalue weighted by Gasteiger charge is 2.26. The molecule has 1 aliphatic rings. The molecular formula is C19H21N9O5. The molecule has 1 aliphatic heterocycles. The fourth-order valence-corrected chi connectivity index (χ4v) is 3.80. The summed E-state index contributed by atoms with van der Waals surface area (Å²) in [5, 5.41) is 7.90. The summed E-state index contributed by atoms with van der Waals surface area (Å²) in [5.41, 5.74) is 0.555. The van der Waals surface area contributed by atoms with E-state index in [9.17, 15) is 14.4 Å². The zero-order valence-corrected chi connectivity index (χ0v) is 18.0. The van der Waals surface area contributed by atoms with Crippen LogP contribution in [0.2, 0.25) is 0 Å². The highest BCUT2D eigenvalue weighted by atomic mass is 16.7. The highest BCUT2D eigenvalue weighted by Crippen LogP contribution is 2.10. The molecule has 0 aromatic carbocycles. The number of aryl methyl sites for hydroxylation is 1. The van der Waals surface area contributed by atoms with Crippen LogP contribution >= 0.6 is 0 Å². The Morgan fingerprint density at radius 2 is 2.06 bits per heavy atom. The van der Waals surface area contributed by atoms with Crippen molar-refractivity contribution in [1.29, 1.82) is 0 Å². The molecule has 1 saturated heterocycles. The highest BCUT2D eigenvalue weighted by molar-refractivity contribution is 5.79. The van der Waals surface area contributed by atoms with Gasteiger partial charge in [-0.1, -0.05) is 4.85 Å². The normalized spacial score (nSPS) is 16.5. The maximum Gasteiger partial charge on any atom is 0.332 e. The number of hydrogen-bond acceptors (Lipinski definition) is 9. The minimum atomic E-state index is -0.500. The number of nitrogens with zero attached hydrogens (tertiary/aromatic N) is 9. The minimum Gasteiger partial charge on any atom is -0.391 e. The molecule has 1 unspecified atom stereocenters. The second-order valence-corrected chi connectivity index (χ2v) is 7.69. The van der Waals surface area contributed by atoms with Gasteiger partial charge in [-0.3, -0.25) is 18.7 Å². The van der Waals surface area contributed by atoms with Crippen LogP contribution in [0.3, 0.4) is 0 Å². The molecule has 1 atom stereocenters. The van der Waals surface area contributed by atoms with E-state index in [2.05, 4.69) is 20.3 Å². The van der Waals surface area contributed by atoms with Crippen LogP contribution in [-0.2, 0) is 30.2 Å². The molecule has 0 radical (unpaired) electrons. The average Bonchev–Trinajstić information content (AvgIpc) is 3.44. The first kappa shape index (κ1) is 20.8. The summed E-state index contributed by atoms with van der Waals surface area (Å²) in [6, 6.07) is 3.53. The van der Waals surface area contributed by atoms with Gasteiger partial charge in [-0.25, -0.2) is 14.8 Å². The van der Waals surface area contributed by atoms with Crippen molar-refractivity contribution in [3.8, 4) is 0 Å². The third-order valence-corrected chi connectivity index (χ3v) is 5.58. The summed E-state index contributed by atoms with van der Waals surface area (Å²) >= 11 is 0. The molecule has 0 aliphatic carbocycles. The molecule has 0 saturated carbocycles. The minimum absolute atomic E-state index is 0.0881. The zero-order chi connectivity index (χ0) is 23.1. The number of fused-ring (bicyclic) bond motifs is 2. The largest absolute Gasteiger partial charge is 0.391 e. The molecule has 1 amide bonds. The average molecular weight is 455 g/mol. The first-order valence-electron chi connectivity index (χ1n) is 10.2. The summed E-state index contributed by atoms with van der Waals surface area (Å²) in [6.45, 7) is 1.12. The van der Waals surface area contributed by atoms with E-state index in [0.29, 0.717) is 30.9 Å². The van der Waals surface area contributed by atoms with Crippen LogP contribution in [0.1, 0.15) is 0 Å². The van der Waals surface area contributed by atoms with E-state index in [1.54, 1.807) is 23.2 Å². The number of rotatable bonds is 5. The summed E-state index contributed by atoms with van der Waals surface area (Å²) < 4.78 is 9.47. The van der Waals surface area contributed by atoms with Crippen molar-refractivity contribution in [2.24, 2.45) is 14.1 Å². The standard InChI is InChI=1S/C19H21N9O5/c1-24-17-15(18(30)25(2)19(24)31)27(11-21-17)9-14(29)26-6-7-32-12(8-26)10-33-28-16-13(22-23-28)4-3-5-20-16/h3-5,11-12H,6-10H2,1-2H3. The number of carbonyl (C=O) groups is 1. The SMILES string of the molecule is Cn1c(=O)c2c(ncn2CC(=O)N2CCOC(COn3nnc4cccnc43)C2)n(C)c1=O. The Kier molecular flexibility index (Phi) is 5.12. The number of amides is 1. The Labute approximate surface area is 185 Å². The van der Waals surface area contributed by atoms with Gasteiger partial charge in [0.05, 0.1) is 19.5 Å². The van der Waals surface area contributed by atoms with Crippen molar-refractivity contribution in [3.63, 3.8) is 0 Å². The lowest BCUT2D eigenvalue weighted by atomic mass is 10.3. The van der Waals surface area contributed by atoms with Crippen LogP contribution in [0.4, 0.5) is 0 Å². The second kappa shape index (κ2) is 8.12. The molecular weight excluding hydrogens is 434 g/mol. The van der Waals surface area contributed by atoms with Crippen molar-refractivity contribution in [1.82, 2.24) is 43.7 Å². The Morgan fingerprint density at radius 3 is 2.91 bits per heavy atom. The maximum absolute atomic E-state index is 13.0. The fourth-order valence-electron chi connectivity index (χ4n) is 3.80. The van der Waals surface area contributed by atoms with Gasteiger partial charge in [0, 0.05) is 26.8 Å². The van der Waals surface area contributed by atoms with Crippen molar-refractivity contribution >= 4 is 28.2 Å². The van der Waals surface area contributed by atoms with Crippen LogP contribution in [0.5, 0.6) is 0 Å². The van der Waals surface area contributed by atoms with E-state index >= 15 is 0 Å². The lowest BCUT2D eigenvalue weighted by molar-refractivity contribution is -0.142. The van der Waals surface area contributed by atoms with E-state index < -0.39 is 11.2 Å². The van der Waals surface area contributed by atoms with E-state index in [0.717, 1.165) is 4.57 Å². The smallest absolute Gasteiger partial charge is 0.332 e. The number of morpholine rings is 1. The molecule has 5 rings (SSSR count). The Morgan fingerprint density at radius 1 is 1.21 bits per heavy atom. The Hall–Kier alpha value is -4.07. The molecule has 1 fully saturated rings. The zero-order valence-electron chi connectivity index (χ0n) is 18.0. The topological polar surface area (TPSA) is 144 Å². The Bertz CT molecular complexity index is 1470. The first-order valence-corrected chi connectivity index (χ1v) is 10.2. The molecule has 14 heteroatoms. The third kappa shape index (κ3) is 3.63. The van der Waals surface area contributed by atoms with Gasteiger partial charge in [-0.05, 0) is 17.3 Å². The van der Waals surface area contributed by atoms with Crippen LogP contribution in [-0.4, -0.2) is 82.0 Å². The molecule has 33 heavy (non-hydrogen) atoms. The molecule has 0 bridgehead atoms. The van der Waals surface area contributed by atoms with E-state index in [1.807, 2.05) is 0 Å². The van der Waals surface area contributed by atoms with Crippen LogP contribution in [0, 0.1) is 0 Å². The van der Waals surface area contributed by atoms with E-state index in [4.69, 9.17) is 9.57 Å². The molecule has 4 aromatic heterocycles. The van der Waals surface area contributed by atoms with E-state index in [1.165, 1.54) is 34.4 Å². The number of pyridine rings is 1. The van der Waals surface area contributed by atoms with Crippen molar-refractivity contribution in [3.05, 3.63) is 45.5 Å². The predicted octanol–water partition coefficient (Wildman–Crippen LogP) is -2.07. The Balaban J connectivity index is 1.28. The second-order valence-electron chi connectivity index (χ2n) is 7.69.